The van der Waals surface area contributed by atoms with Gasteiger partial charge >= 0.3 is 0 Å². The number of aromatic nitrogens is 1. The first-order chi connectivity index (χ1) is 9.22. The van der Waals surface area contributed by atoms with Crippen molar-refractivity contribution in [3.05, 3.63) is 65.1 Å². The van der Waals surface area contributed by atoms with E-state index in [0.717, 1.165) is 16.5 Å². The molecule has 2 aromatic carbocycles. The zero-order valence-corrected chi connectivity index (χ0v) is 10.7. The Labute approximate surface area is 114 Å². The van der Waals surface area contributed by atoms with Gasteiger partial charge in [-0.1, -0.05) is 17.7 Å². The third-order valence-corrected chi connectivity index (χ3v) is 3.15. The van der Waals surface area contributed by atoms with E-state index in [2.05, 4.69) is 4.98 Å². The molecule has 0 aliphatic heterocycles. The molecule has 1 aromatic heterocycles. The molecule has 0 aliphatic carbocycles. The van der Waals surface area contributed by atoms with Crippen LogP contribution in [0.1, 0.15) is 5.56 Å². The van der Waals surface area contributed by atoms with Crippen molar-refractivity contribution in [1.29, 1.82) is 0 Å². The minimum Gasteiger partial charge on any atom is -0.489 e. The largest absolute Gasteiger partial charge is 0.489 e. The molecule has 0 saturated carbocycles. The van der Waals surface area contributed by atoms with Crippen LogP contribution in [-0.4, -0.2) is 4.98 Å². The highest BCUT2D eigenvalue weighted by atomic mass is 35.5. The number of benzene rings is 2. The van der Waals surface area contributed by atoms with Gasteiger partial charge in [0.2, 0.25) is 0 Å². The molecule has 0 unspecified atom stereocenters. The van der Waals surface area contributed by atoms with Crippen molar-refractivity contribution < 1.29 is 9.13 Å². The van der Waals surface area contributed by atoms with Gasteiger partial charge in [-0.25, -0.2) is 4.39 Å². The summed E-state index contributed by atoms with van der Waals surface area (Å²) in [5.74, 6) is 0.459. The molecule has 19 heavy (non-hydrogen) atoms. The molecule has 96 valence electrons. The van der Waals surface area contributed by atoms with E-state index in [0.29, 0.717) is 17.4 Å². The molecule has 0 atom stereocenters. The molecule has 4 heteroatoms. The molecule has 2 nitrogen and oxygen atoms in total. The first-order valence-electron chi connectivity index (χ1n) is 5.86. The van der Waals surface area contributed by atoms with Crippen molar-refractivity contribution in [2.24, 2.45) is 0 Å². The standard InChI is InChI=1S/C15H11ClFNO/c16-11-2-1-3-13(6-11)19-9-10-8-18-15-7-12(17)4-5-14(10)15/h1-8,18H,9H2. The number of H-pyrrole nitrogens is 1. The quantitative estimate of drug-likeness (QED) is 0.746. The summed E-state index contributed by atoms with van der Waals surface area (Å²) in [5, 5.41) is 1.60. The average molecular weight is 276 g/mol. The lowest BCUT2D eigenvalue weighted by Gasteiger charge is -2.05. The fraction of sp³-hybridized carbons (Fsp3) is 0.0667. The highest BCUT2D eigenvalue weighted by Crippen LogP contribution is 2.22. The molecular formula is C15H11ClFNO. The van der Waals surface area contributed by atoms with Crippen LogP contribution in [0, 0.1) is 5.82 Å². The Balaban J connectivity index is 1.82. The van der Waals surface area contributed by atoms with Gasteiger partial charge in [0.15, 0.2) is 0 Å². The van der Waals surface area contributed by atoms with Crippen LogP contribution in [0.5, 0.6) is 5.75 Å². The number of hydrogen-bond donors (Lipinski definition) is 1. The molecule has 0 amide bonds. The Morgan fingerprint density at radius 1 is 1.16 bits per heavy atom. The van der Waals surface area contributed by atoms with Gasteiger partial charge in [0.25, 0.3) is 0 Å². The fourth-order valence-corrected chi connectivity index (χ4v) is 2.18. The minimum atomic E-state index is -0.253. The van der Waals surface area contributed by atoms with Crippen molar-refractivity contribution in [1.82, 2.24) is 4.98 Å². The zero-order chi connectivity index (χ0) is 13.2. The van der Waals surface area contributed by atoms with Crippen molar-refractivity contribution in [2.75, 3.05) is 0 Å². The number of hydrogen-bond acceptors (Lipinski definition) is 1. The first kappa shape index (κ1) is 12.1. The number of ether oxygens (including phenoxy) is 1. The fourth-order valence-electron chi connectivity index (χ4n) is 2.00. The predicted octanol–water partition coefficient (Wildman–Crippen LogP) is 4.54. The second-order valence-electron chi connectivity index (χ2n) is 4.25. The summed E-state index contributed by atoms with van der Waals surface area (Å²) in [6.07, 6.45) is 1.83. The van der Waals surface area contributed by atoms with E-state index in [1.54, 1.807) is 18.2 Å². The average Bonchev–Trinajstić information content (AvgIpc) is 2.78. The van der Waals surface area contributed by atoms with E-state index in [4.69, 9.17) is 16.3 Å². The lowest BCUT2D eigenvalue weighted by molar-refractivity contribution is 0.307. The summed E-state index contributed by atoms with van der Waals surface area (Å²) in [4.78, 5) is 3.03. The van der Waals surface area contributed by atoms with Crippen molar-refractivity contribution in [3.63, 3.8) is 0 Å². The van der Waals surface area contributed by atoms with Gasteiger partial charge in [-0.3, -0.25) is 0 Å². The Hall–Kier alpha value is -2.00. The predicted molar refractivity (Wildman–Crippen MR) is 74.0 cm³/mol. The van der Waals surface area contributed by atoms with E-state index in [9.17, 15) is 4.39 Å². The van der Waals surface area contributed by atoms with Crippen LogP contribution in [-0.2, 0) is 6.61 Å². The molecule has 0 saturated heterocycles. The Kier molecular flexibility index (Phi) is 3.13. The lowest BCUT2D eigenvalue weighted by Crippen LogP contribution is -1.94. The van der Waals surface area contributed by atoms with Gasteiger partial charge in [-0.15, -0.1) is 0 Å². The molecule has 0 radical (unpaired) electrons. The summed E-state index contributed by atoms with van der Waals surface area (Å²) < 4.78 is 18.7. The van der Waals surface area contributed by atoms with Crippen molar-refractivity contribution in [3.8, 4) is 5.75 Å². The molecule has 3 aromatic rings. The highest BCUT2D eigenvalue weighted by Gasteiger charge is 2.05. The molecule has 0 fully saturated rings. The van der Waals surface area contributed by atoms with Gasteiger partial charge < -0.3 is 9.72 Å². The van der Waals surface area contributed by atoms with Gasteiger partial charge in [0, 0.05) is 27.7 Å². The third kappa shape index (κ3) is 2.56. The number of fused-ring (bicyclic) bond motifs is 1. The van der Waals surface area contributed by atoms with Crippen LogP contribution >= 0.6 is 11.6 Å². The van der Waals surface area contributed by atoms with E-state index < -0.39 is 0 Å². The summed E-state index contributed by atoms with van der Waals surface area (Å²) in [6.45, 7) is 0.409. The minimum absolute atomic E-state index is 0.253. The van der Waals surface area contributed by atoms with Crippen molar-refractivity contribution in [2.45, 2.75) is 6.61 Å². The second-order valence-corrected chi connectivity index (χ2v) is 4.69. The smallest absolute Gasteiger partial charge is 0.125 e. The Morgan fingerprint density at radius 3 is 2.89 bits per heavy atom. The number of nitrogens with one attached hydrogen (secondary N) is 1. The summed E-state index contributed by atoms with van der Waals surface area (Å²) in [5.41, 5.74) is 1.75. The normalized spacial score (nSPS) is 10.8. The van der Waals surface area contributed by atoms with E-state index in [1.165, 1.54) is 12.1 Å². The summed E-state index contributed by atoms with van der Waals surface area (Å²) >= 11 is 5.89. The van der Waals surface area contributed by atoms with Crippen LogP contribution in [0.15, 0.2) is 48.7 Å². The maximum atomic E-state index is 13.1. The SMILES string of the molecule is Fc1ccc2c(COc3cccc(Cl)c3)c[nH]c2c1. The van der Waals surface area contributed by atoms with Crippen LogP contribution in [0.3, 0.4) is 0 Å². The van der Waals surface area contributed by atoms with Gasteiger partial charge in [-0.2, -0.15) is 0 Å². The van der Waals surface area contributed by atoms with Crippen LogP contribution < -0.4 is 4.74 Å². The van der Waals surface area contributed by atoms with E-state index in [-0.39, 0.29) is 5.82 Å². The molecule has 0 aliphatic rings. The number of halogens is 2. The van der Waals surface area contributed by atoms with E-state index in [1.807, 2.05) is 18.3 Å². The molecule has 3 rings (SSSR count). The maximum absolute atomic E-state index is 13.1. The van der Waals surface area contributed by atoms with Gasteiger partial charge in [0.05, 0.1) is 0 Å². The van der Waals surface area contributed by atoms with Crippen LogP contribution in [0.25, 0.3) is 10.9 Å². The number of aromatic amines is 1. The third-order valence-electron chi connectivity index (χ3n) is 2.92. The van der Waals surface area contributed by atoms with E-state index >= 15 is 0 Å². The van der Waals surface area contributed by atoms with Crippen LogP contribution in [0.4, 0.5) is 4.39 Å². The molecule has 0 spiro atoms. The molecule has 0 bridgehead atoms. The van der Waals surface area contributed by atoms with Crippen LogP contribution in [0.2, 0.25) is 5.02 Å². The summed E-state index contributed by atoms with van der Waals surface area (Å²) in [6, 6.07) is 11.9. The molecule has 1 heterocycles. The van der Waals surface area contributed by atoms with Gasteiger partial charge in [0.1, 0.15) is 18.2 Å². The molecular weight excluding hydrogens is 265 g/mol. The number of rotatable bonds is 3. The Morgan fingerprint density at radius 2 is 2.05 bits per heavy atom. The highest BCUT2D eigenvalue weighted by molar-refractivity contribution is 6.30. The molecule has 1 N–H and O–H groups in total. The summed E-state index contributed by atoms with van der Waals surface area (Å²) in [7, 11) is 0. The maximum Gasteiger partial charge on any atom is 0.125 e. The van der Waals surface area contributed by atoms with Gasteiger partial charge in [-0.05, 0) is 36.4 Å². The Bertz CT molecular complexity index is 723. The monoisotopic (exact) mass is 275 g/mol. The topological polar surface area (TPSA) is 25.0 Å². The van der Waals surface area contributed by atoms with Crippen molar-refractivity contribution >= 4 is 22.5 Å². The zero-order valence-electron chi connectivity index (χ0n) is 9.99. The lowest BCUT2D eigenvalue weighted by atomic mass is 10.2. The second kappa shape index (κ2) is 4.94. The first-order valence-corrected chi connectivity index (χ1v) is 6.24.